The van der Waals surface area contributed by atoms with Gasteiger partial charge in [0.25, 0.3) is 0 Å². The molecule has 2 nitrogen and oxygen atoms in total. The number of Topliss-reactive ketones (excluding diaryl/α,β-unsaturated/α-hetero) is 1. The summed E-state index contributed by atoms with van der Waals surface area (Å²) in [7, 11) is 0. The van der Waals surface area contributed by atoms with Crippen LogP contribution < -0.4 is 0 Å². The van der Waals surface area contributed by atoms with Gasteiger partial charge in [-0.15, -0.1) is 0 Å². The van der Waals surface area contributed by atoms with Gasteiger partial charge in [0.1, 0.15) is 6.07 Å². The second kappa shape index (κ2) is 5.21. The van der Waals surface area contributed by atoms with Crippen LogP contribution in [0.3, 0.4) is 0 Å². The minimum atomic E-state index is -0.400. The summed E-state index contributed by atoms with van der Waals surface area (Å²) in [5, 5.41) is 9.58. The summed E-state index contributed by atoms with van der Waals surface area (Å²) in [5.74, 6) is 3.58. The molecule has 0 radical (unpaired) electrons. The SMILES string of the molecule is CC1CC[C@H]2[C@@H]3CC[C@H]4C(C)(C)C(=O)C(C#N)=C[C@]4(C)[C@H]3CC[C@]12C. The summed E-state index contributed by atoms with van der Waals surface area (Å²) in [5.41, 5.74) is 0.561. The van der Waals surface area contributed by atoms with E-state index in [2.05, 4.69) is 46.8 Å². The summed E-state index contributed by atoms with van der Waals surface area (Å²) in [6.07, 6.45) is 9.91. The first kappa shape index (κ1) is 17.3. The molecule has 0 heterocycles. The molecule has 0 amide bonds. The molecule has 0 bridgehead atoms. The first-order valence-corrected chi connectivity index (χ1v) is 10.3. The number of fused-ring (bicyclic) bond motifs is 5. The lowest BCUT2D eigenvalue weighted by atomic mass is 9.42. The molecule has 0 aromatic carbocycles. The normalized spacial score (nSPS) is 51.0. The van der Waals surface area contributed by atoms with Crippen LogP contribution in [-0.2, 0) is 4.79 Å². The zero-order valence-corrected chi connectivity index (χ0v) is 16.6. The van der Waals surface area contributed by atoms with Crippen molar-refractivity contribution in [1.82, 2.24) is 0 Å². The minimum Gasteiger partial charge on any atom is -0.293 e. The van der Waals surface area contributed by atoms with Crippen LogP contribution in [0.4, 0.5) is 0 Å². The largest absolute Gasteiger partial charge is 0.293 e. The summed E-state index contributed by atoms with van der Waals surface area (Å²) in [4.78, 5) is 12.8. The fourth-order valence-electron chi connectivity index (χ4n) is 7.96. The molecule has 0 aromatic rings. The third kappa shape index (κ3) is 2.05. The fraction of sp³-hybridized carbons (Fsp3) is 0.826. The van der Waals surface area contributed by atoms with Crippen molar-refractivity contribution in [3.8, 4) is 6.07 Å². The van der Waals surface area contributed by atoms with Crippen molar-refractivity contribution in [3.05, 3.63) is 11.6 Å². The maximum atomic E-state index is 12.8. The van der Waals surface area contributed by atoms with E-state index in [0.717, 1.165) is 24.2 Å². The number of allylic oxidation sites excluding steroid dienone is 2. The van der Waals surface area contributed by atoms with Crippen LogP contribution in [-0.4, -0.2) is 5.78 Å². The third-order valence-electron chi connectivity index (χ3n) is 9.53. The second-order valence-corrected chi connectivity index (χ2v) is 10.6. The smallest absolute Gasteiger partial charge is 0.178 e. The number of hydrogen-bond acceptors (Lipinski definition) is 2. The Morgan fingerprint density at radius 2 is 1.76 bits per heavy atom. The van der Waals surface area contributed by atoms with Crippen LogP contribution in [0.15, 0.2) is 11.6 Å². The number of carbonyl (C=O) groups is 1. The lowest BCUT2D eigenvalue weighted by Gasteiger charge is -2.61. The van der Waals surface area contributed by atoms with Gasteiger partial charge in [-0.3, -0.25) is 4.79 Å². The van der Waals surface area contributed by atoms with E-state index in [1.807, 2.05) is 0 Å². The van der Waals surface area contributed by atoms with E-state index in [-0.39, 0.29) is 11.2 Å². The van der Waals surface area contributed by atoms with Gasteiger partial charge in [-0.2, -0.15) is 5.26 Å². The predicted octanol–water partition coefficient (Wildman–Crippen LogP) is 5.54. The van der Waals surface area contributed by atoms with Crippen molar-refractivity contribution in [2.75, 3.05) is 0 Å². The van der Waals surface area contributed by atoms with Gasteiger partial charge >= 0.3 is 0 Å². The Balaban J connectivity index is 1.77. The first-order chi connectivity index (χ1) is 11.7. The Hall–Kier alpha value is -1.10. The molecule has 0 spiro atoms. The first-order valence-electron chi connectivity index (χ1n) is 10.3. The van der Waals surface area contributed by atoms with Crippen LogP contribution >= 0.6 is 0 Å². The summed E-state index contributed by atoms with van der Waals surface area (Å²) < 4.78 is 0. The van der Waals surface area contributed by atoms with Gasteiger partial charge in [0.05, 0.1) is 5.57 Å². The highest BCUT2D eigenvalue weighted by atomic mass is 16.1. The van der Waals surface area contributed by atoms with Crippen LogP contribution in [0, 0.1) is 57.2 Å². The molecule has 1 unspecified atom stereocenters. The monoisotopic (exact) mass is 339 g/mol. The Morgan fingerprint density at radius 1 is 1.04 bits per heavy atom. The minimum absolute atomic E-state index is 0.0124. The lowest BCUT2D eigenvalue weighted by molar-refractivity contribution is -0.142. The maximum absolute atomic E-state index is 12.8. The van der Waals surface area contributed by atoms with E-state index in [4.69, 9.17) is 0 Å². The molecule has 0 N–H and O–H groups in total. The molecule has 0 saturated heterocycles. The molecule has 0 aliphatic heterocycles. The van der Waals surface area contributed by atoms with Crippen molar-refractivity contribution < 1.29 is 4.79 Å². The van der Waals surface area contributed by atoms with Crippen molar-refractivity contribution in [1.29, 1.82) is 5.26 Å². The van der Waals surface area contributed by atoms with Gasteiger partial charge in [0, 0.05) is 5.41 Å². The average Bonchev–Trinajstić information content (AvgIpc) is 2.86. The molecular weight excluding hydrogens is 306 g/mol. The number of nitriles is 1. The molecular formula is C23H33NO. The molecule has 136 valence electrons. The van der Waals surface area contributed by atoms with Crippen molar-refractivity contribution in [2.45, 2.75) is 73.1 Å². The molecule has 0 aromatic heterocycles. The van der Waals surface area contributed by atoms with E-state index in [9.17, 15) is 10.1 Å². The maximum Gasteiger partial charge on any atom is 0.178 e. The Kier molecular flexibility index (Phi) is 3.61. The van der Waals surface area contributed by atoms with E-state index >= 15 is 0 Å². The highest BCUT2D eigenvalue weighted by molar-refractivity contribution is 6.04. The van der Waals surface area contributed by atoms with Crippen LogP contribution in [0.5, 0.6) is 0 Å². The van der Waals surface area contributed by atoms with Gasteiger partial charge in [-0.05, 0) is 78.9 Å². The Morgan fingerprint density at radius 3 is 2.44 bits per heavy atom. The molecule has 4 aliphatic rings. The Labute approximate surface area is 153 Å². The van der Waals surface area contributed by atoms with Gasteiger partial charge in [-0.1, -0.05) is 40.7 Å². The number of nitrogens with zero attached hydrogens (tertiary/aromatic N) is 1. The molecule has 2 heteroatoms. The third-order valence-corrected chi connectivity index (χ3v) is 9.53. The second-order valence-electron chi connectivity index (χ2n) is 10.6. The van der Waals surface area contributed by atoms with Crippen LogP contribution in [0.25, 0.3) is 0 Å². The molecule has 25 heavy (non-hydrogen) atoms. The van der Waals surface area contributed by atoms with Crippen molar-refractivity contribution in [3.63, 3.8) is 0 Å². The molecule has 7 atom stereocenters. The number of carbonyl (C=O) groups excluding carboxylic acids is 1. The topological polar surface area (TPSA) is 40.9 Å². The zero-order valence-electron chi connectivity index (χ0n) is 16.6. The standard InChI is InChI=1S/C23H33NO/c1-14-6-8-17-16-7-9-19-21(2,3)20(25)15(13-24)12-23(19,5)18(16)10-11-22(14,17)4/h12,14,16-19H,6-11H2,1-5H3/t14?,16-,17-,18-,19-,22+,23+/m0/s1. The predicted molar refractivity (Wildman–Crippen MR) is 99.5 cm³/mol. The summed E-state index contributed by atoms with van der Waals surface area (Å²) >= 11 is 0. The van der Waals surface area contributed by atoms with E-state index in [1.165, 1.54) is 32.1 Å². The average molecular weight is 340 g/mol. The lowest BCUT2D eigenvalue weighted by Crippen LogP contribution is -2.57. The van der Waals surface area contributed by atoms with Crippen LogP contribution in [0.2, 0.25) is 0 Å². The van der Waals surface area contributed by atoms with E-state index in [1.54, 1.807) is 0 Å². The van der Waals surface area contributed by atoms with Crippen molar-refractivity contribution >= 4 is 5.78 Å². The quantitative estimate of drug-likeness (QED) is 0.581. The van der Waals surface area contributed by atoms with Gasteiger partial charge < -0.3 is 0 Å². The molecule has 3 saturated carbocycles. The van der Waals surface area contributed by atoms with Gasteiger partial charge in [-0.25, -0.2) is 0 Å². The summed E-state index contributed by atoms with van der Waals surface area (Å²) in [6, 6.07) is 2.24. The van der Waals surface area contributed by atoms with Gasteiger partial charge in [0.2, 0.25) is 0 Å². The van der Waals surface area contributed by atoms with Crippen LogP contribution in [0.1, 0.15) is 73.1 Å². The highest BCUT2D eigenvalue weighted by Gasteiger charge is 2.62. The zero-order chi connectivity index (χ0) is 18.2. The van der Waals surface area contributed by atoms with Gasteiger partial charge in [0.15, 0.2) is 5.78 Å². The van der Waals surface area contributed by atoms with E-state index in [0.29, 0.717) is 22.8 Å². The highest BCUT2D eigenvalue weighted by Crippen LogP contribution is 2.68. The number of hydrogen-bond donors (Lipinski definition) is 0. The van der Waals surface area contributed by atoms with Crippen molar-refractivity contribution in [2.24, 2.45) is 45.8 Å². The fourth-order valence-corrected chi connectivity index (χ4v) is 7.96. The summed E-state index contributed by atoms with van der Waals surface area (Å²) in [6.45, 7) is 11.6. The number of rotatable bonds is 0. The molecule has 3 fully saturated rings. The molecule has 4 aliphatic carbocycles. The Bertz CT molecular complexity index is 683. The molecule has 4 rings (SSSR count). The van der Waals surface area contributed by atoms with E-state index < -0.39 is 5.41 Å². The number of ketones is 1.